The maximum Gasteiger partial charge on any atom is 0.253 e. The molecule has 1 aliphatic rings. The Morgan fingerprint density at radius 1 is 1.33 bits per heavy atom. The second-order valence-electron chi connectivity index (χ2n) is 5.83. The summed E-state index contributed by atoms with van der Waals surface area (Å²) >= 11 is 0. The summed E-state index contributed by atoms with van der Waals surface area (Å²) in [4.78, 5) is 13.5. The summed E-state index contributed by atoms with van der Waals surface area (Å²) in [6.45, 7) is 1.95. The Hall–Kier alpha value is -1.56. The SMILES string of the molecule is Cc1ccc(C(=O)N(C)C)cc1NC1CCCS(=O)(=O)C1. The first-order valence-electron chi connectivity index (χ1n) is 7.08. The van der Waals surface area contributed by atoms with Crippen LogP contribution in [0.4, 0.5) is 5.69 Å². The quantitative estimate of drug-likeness (QED) is 0.922. The molecule has 1 unspecified atom stereocenters. The van der Waals surface area contributed by atoms with Gasteiger partial charge in [-0.2, -0.15) is 0 Å². The summed E-state index contributed by atoms with van der Waals surface area (Å²) in [7, 11) is 0.480. The van der Waals surface area contributed by atoms with E-state index in [2.05, 4.69) is 5.32 Å². The summed E-state index contributed by atoms with van der Waals surface area (Å²) in [5.41, 5.74) is 2.45. The van der Waals surface area contributed by atoms with Crippen LogP contribution < -0.4 is 5.32 Å². The summed E-state index contributed by atoms with van der Waals surface area (Å²) in [5.74, 6) is 0.385. The molecule has 0 radical (unpaired) electrons. The van der Waals surface area contributed by atoms with Gasteiger partial charge in [-0.25, -0.2) is 8.42 Å². The molecule has 1 aromatic carbocycles. The molecule has 1 heterocycles. The highest BCUT2D eigenvalue weighted by Gasteiger charge is 2.25. The third-order valence-corrected chi connectivity index (χ3v) is 5.53. The van der Waals surface area contributed by atoms with E-state index in [9.17, 15) is 13.2 Å². The van der Waals surface area contributed by atoms with Crippen molar-refractivity contribution >= 4 is 21.4 Å². The number of sulfone groups is 1. The lowest BCUT2D eigenvalue weighted by Gasteiger charge is -2.25. The van der Waals surface area contributed by atoms with Gasteiger partial charge in [-0.1, -0.05) is 6.07 Å². The summed E-state index contributed by atoms with van der Waals surface area (Å²) in [6.07, 6.45) is 1.53. The van der Waals surface area contributed by atoms with Gasteiger partial charge in [0.15, 0.2) is 9.84 Å². The van der Waals surface area contributed by atoms with Crippen molar-refractivity contribution < 1.29 is 13.2 Å². The van der Waals surface area contributed by atoms with E-state index in [1.54, 1.807) is 26.2 Å². The fraction of sp³-hybridized carbons (Fsp3) is 0.533. The largest absolute Gasteiger partial charge is 0.381 e. The Morgan fingerprint density at radius 3 is 2.67 bits per heavy atom. The number of anilines is 1. The molecule has 1 fully saturated rings. The topological polar surface area (TPSA) is 66.5 Å². The first kappa shape index (κ1) is 15.8. The Balaban J connectivity index is 2.19. The fourth-order valence-electron chi connectivity index (χ4n) is 2.53. The minimum absolute atomic E-state index is 0.0608. The molecule has 1 aliphatic heterocycles. The van der Waals surface area contributed by atoms with Gasteiger partial charge in [0, 0.05) is 31.4 Å². The van der Waals surface area contributed by atoms with Gasteiger partial charge < -0.3 is 10.2 Å². The molecule has 0 aromatic heterocycles. The van der Waals surface area contributed by atoms with Crippen LogP contribution in [0.1, 0.15) is 28.8 Å². The predicted molar refractivity (Wildman–Crippen MR) is 84.5 cm³/mol. The van der Waals surface area contributed by atoms with Gasteiger partial charge in [0.2, 0.25) is 0 Å². The van der Waals surface area contributed by atoms with Crippen molar-refractivity contribution in [1.82, 2.24) is 4.90 Å². The standard InChI is InChI=1S/C15H22N2O3S/c1-11-6-7-12(15(18)17(2)3)9-14(11)16-13-5-4-8-21(19,20)10-13/h6-7,9,13,16H,4-5,8,10H2,1-3H3. The number of benzene rings is 1. The number of hydrogen-bond acceptors (Lipinski definition) is 4. The van der Waals surface area contributed by atoms with Crippen LogP contribution in [0.15, 0.2) is 18.2 Å². The second-order valence-corrected chi connectivity index (χ2v) is 8.06. The molecular formula is C15H22N2O3S. The molecule has 5 nitrogen and oxygen atoms in total. The van der Waals surface area contributed by atoms with Gasteiger partial charge in [-0.3, -0.25) is 4.79 Å². The van der Waals surface area contributed by atoms with Gasteiger partial charge in [0.25, 0.3) is 5.91 Å². The zero-order valence-electron chi connectivity index (χ0n) is 12.7. The van der Waals surface area contributed by atoms with Gasteiger partial charge >= 0.3 is 0 Å². The van der Waals surface area contributed by atoms with E-state index in [4.69, 9.17) is 0 Å². The van der Waals surface area contributed by atoms with Crippen molar-refractivity contribution in [3.8, 4) is 0 Å². The average molecular weight is 310 g/mol. The molecule has 0 aliphatic carbocycles. The van der Waals surface area contributed by atoms with E-state index in [0.717, 1.165) is 17.7 Å². The summed E-state index contributed by atoms with van der Waals surface area (Å²) in [5, 5.41) is 3.29. The lowest BCUT2D eigenvalue weighted by Crippen LogP contribution is -2.35. The number of hydrogen-bond donors (Lipinski definition) is 1. The van der Waals surface area contributed by atoms with Crippen molar-refractivity contribution in [2.45, 2.75) is 25.8 Å². The Labute approximate surface area is 126 Å². The molecular weight excluding hydrogens is 288 g/mol. The number of rotatable bonds is 3. The van der Waals surface area contributed by atoms with Crippen LogP contribution in [-0.2, 0) is 9.84 Å². The number of aryl methyl sites for hydroxylation is 1. The maximum atomic E-state index is 12.0. The first-order chi connectivity index (χ1) is 9.78. The van der Waals surface area contributed by atoms with E-state index >= 15 is 0 Å². The zero-order chi connectivity index (χ0) is 15.6. The zero-order valence-corrected chi connectivity index (χ0v) is 13.5. The van der Waals surface area contributed by atoms with Crippen LogP contribution in [0, 0.1) is 6.92 Å². The minimum atomic E-state index is -2.94. The van der Waals surface area contributed by atoms with Crippen molar-refractivity contribution in [2.75, 3.05) is 30.9 Å². The van der Waals surface area contributed by atoms with Crippen LogP contribution in [0.3, 0.4) is 0 Å². The average Bonchev–Trinajstić information content (AvgIpc) is 2.39. The monoisotopic (exact) mass is 310 g/mol. The van der Waals surface area contributed by atoms with E-state index in [1.807, 2.05) is 13.0 Å². The highest BCUT2D eigenvalue weighted by Crippen LogP contribution is 2.22. The third kappa shape index (κ3) is 3.97. The van der Waals surface area contributed by atoms with Crippen LogP contribution >= 0.6 is 0 Å². The van der Waals surface area contributed by atoms with Crippen LogP contribution in [0.2, 0.25) is 0 Å². The molecule has 116 valence electrons. The lowest BCUT2D eigenvalue weighted by atomic mass is 10.1. The lowest BCUT2D eigenvalue weighted by molar-refractivity contribution is 0.0827. The number of carbonyl (C=O) groups is 1. The Kier molecular flexibility index (Phi) is 4.56. The van der Waals surface area contributed by atoms with Gasteiger partial charge in [-0.05, 0) is 37.5 Å². The van der Waals surface area contributed by atoms with Crippen molar-refractivity contribution in [3.05, 3.63) is 29.3 Å². The smallest absolute Gasteiger partial charge is 0.253 e. The Morgan fingerprint density at radius 2 is 2.05 bits per heavy atom. The molecule has 0 spiro atoms. The van der Waals surface area contributed by atoms with Crippen molar-refractivity contribution in [2.24, 2.45) is 0 Å². The van der Waals surface area contributed by atoms with Crippen molar-refractivity contribution in [3.63, 3.8) is 0 Å². The molecule has 1 saturated heterocycles. The molecule has 1 aromatic rings. The minimum Gasteiger partial charge on any atom is -0.381 e. The predicted octanol–water partition coefficient (Wildman–Crippen LogP) is 1.69. The summed E-state index contributed by atoms with van der Waals surface area (Å²) < 4.78 is 23.4. The highest BCUT2D eigenvalue weighted by atomic mass is 32.2. The van der Waals surface area contributed by atoms with E-state index in [0.29, 0.717) is 12.0 Å². The molecule has 2 rings (SSSR count). The third-order valence-electron chi connectivity index (χ3n) is 3.71. The molecule has 1 N–H and O–H groups in total. The van der Waals surface area contributed by atoms with Crippen molar-refractivity contribution in [1.29, 1.82) is 0 Å². The van der Waals surface area contributed by atoms with Crippen LogP contribution in [0.25, 0.3) is 0 Å². The van der Waals surface area contributed by atoms with Crippen LogP contribution in [-0.4, -0.2) is 50.9 Å². The molecule has 1 amide bonds. The number of nitrogens with one attached hydrogen (secondary N) is 1. The highest BCUT2D eigenvalue weighted by molar-refractivity contribution is 7.91. The van der Waals surface area contributed by atoms with Gasteiger partial charge in [0.1, 0.15) is 0 Å². The van der Waals surface area contributed by atoms with Gasteiger partial charge in [-0.15, -0.1) is 0 Å². The van der Waals surface area contributed by atoms with E-state index in [1.165, 1.54) is 4.90 Å². The maximum absolute atomic E-state index is 12.0. The number of nitrogens with zero attached hydrogens (tertiary/aromatic N) is 1. The number of amides is 1. The molecule has 0 bridgehead atoms. The molecule has 6 heteroatoms. The Bertz CT molecular complexity index is 638. The summed E-state index contributed by atoms with van der Waals surface area (Å²) in [6, 6.07) is 5.41. The van der Waals surface area contributed by atoms with Crippen LogP contribution in [0.5, 0.6) is 0 Å². The van der Waals surface area contributed by atoms with E-state index in [-0.39, 0.29) is 23.5 Å². The normalized spacial score (nSPS) is 20.8. The molecule has 21 heavy (non-hydrogen) atoms. The first-order valence-corrected chi connectivity index (χ1v) is 8.90. The fourth-order valence-corrected chi connectivity index (χ4v) is 4.16. The van der Waals surface area contributed by atoms with E-state index < -0.39 is 9.84 Å². The number of carbonyl (C=O) groups excluding carboxylic acids is 1. The second kappa shape index (κ2) is 6.05. The molecule has 1 atom stereocenters. The van der Waals surface area contributed by atoms with Gasteiger partial charge in [0.05, 0.1) is 11.5 Å². The molecule has 0 saturated carbocycles.